The topological polar surface area (TPSA) is 82.1 Å². The fourth-order valence-electron chi connectivity index (χ4n) is 1.46. The molecule has 0 radical (unpaired) electrons. The maximum absolute atomic E-state index is 11.9. The minimum absolute atomic E-state index is 0.0222. The standard InChI is InChI=1S/C11H10IN3O2S/c12-6-1-3-7(4-2-6)14-10(17)8-5-9(16)15-11(13)18-8/h1-4,8H,5H2,(H,14,17)(H2,13,15,16). The number of halogens is 1. The van der Waals surface area contributed by atoms with E-state index >= 15 is 0 Å². The van der Waals surface area contributed by atoms with Gasteiger partial charge >= 0.3 is 0 Å². The Morgan fingerprint density at radius 3 is 2.72 bits per heavy atom. The number of hydrogen-bond donors (Lipinski definition) is 3. The largest absolute Gasteiger partial charge is 0.325 e. The Morgan fingerprint density at radius 1 is 1.44 bits per heavy atom. The van der Waals surface area contributed by atoms with Crippen molar-refractivity contribution in [1.29, 1.82) is 5.41 Å². The van der Waals surface area contributed by atoms with Crippen molar-refractivity contribution in [1.82, 2.24) is 5.32 Å². The van der Waals surface area contributed by atoms with E-state index in [1.165, 1.54) is 0 Å². The molecule has 1 aliphatic heterocycles. The number of thioether (sulfide) groups is 1. The van der Waals surface area contributed by atoms with Gasteiger partial charge < -0.3 is 10.6 Å². The first-order chi connectivity index (χ1) is 8.54. The lowest BCUT2D eigenvalue weighted by Gasteiger charge is -2.21. The molecule has 18 heavy (non-hydrogen) atoms. The summed E-state index contributed by atoms with van der Waals surface area (Å²) in [5.74, 6) is -0.540. The molecule has 1 heterocycles. The van der Waals surface area contributed by atoms with Gasteiger partial charge in [0.2, 0.25) is 11.8 Å². The molecule has 1 saturated heterocycles. The van der Waals surface area contributed by atoms with Crippen LogP contribution in [-0.4, -0.2) is 22.2 Å². The Balaban J connectivity index is 2.01. The number of carbonyl (C=O) groups is 2. The maximum atomic E-state index is 11.9. The SMILES string of the molecule is N=C1NC(=O)CC(C(=O)Nc2ccc(I)cc2)S1. The van der Waals surface area contributed by atoms with Crippen LogP contribution in [0.25, 0.3) is 0 Å². The number of benzene rings is 1. The monoisotopic (exact) mass is 375 g/mol. The van der Waals surface area contributed by atoms with Crippen LogP contribution >= 0.6 is 34.4 Å². The number of rotatable bonds is 2. The quantitative estimate of drug-likeness (QED) is 0.690. The van der Waals surface area contributed by atoms with Gasteiger partial charge in [-0.1, -0.05) is 11.8 Å². The highest BCUT2D eigenvalue weighted by Crippen LogP contribution is 2.21. The molecule has 0 bridgehead atoms. The predicted molar refractivity (Wildman–Crippen MR) is 79.7 cm³/mol. The molecule has 0 spiro atoms. The molecule has 1 aromatic carbocycles. The van der Waals surface area contributed by atoms with Crippen LogP contribution in [0.2, 0.25) is 0 Å². The summed E-state index contributed by atoms with van der Waals surface area (Å²) in [6.07, 6.45) is 0.100. The zero-order chi connectivity index (χ0) is 13.1. The van der Waals surface area contributed by atoms with Crippen molar-refractivity contribution < 1.29 is 9.59 Å². The lowest BCUT2D eigenvalue weighted by Crippen LogP contribution is -2.41. The second-order valence-corrected chi connectivity index (χ2v) is 6.14. The van der Waals surface area contributed by atoms with Crippen molar-refractivity contribution in [3.8, 4) is 0 Å². The van der Waals surface area contributed by atoms with Gasteiger partial charge in [-0.15, -0.1) is 0 Å². The Bertz CT molecular complexity index is 488. The van der Waals surface area contributed by atoms with Gasteiger partial charge in [0.05, 0.1) is 0 Å². The summed E-state index contributed by atoms with van der Waals surface area (Å²) in [5.41, 5.74) is 0.693. The molecule has 0 aliphatic carbocycles. The summed E-state index contributed by atoms with van der Waals surface area (Å²) in [6.45, 7) is 0. The molecule has 1 unspecified atom stereocenters. The normalized spacial score (nSPS) is 19.3. The van der Waals surface area contributed by atoms with E-state index in [-0.39, 0.29) is 23.4 Å². The van der Waals surface area contributed by atoms with Gasteiger partial charge in [0.25, 0.3) is 0 Å². The third-order valence-corrected chi connectivity index (χ3v) is 4.01. The maximum Gasteiger partial charge on any atom is 0.238 e. The van der Waals surface area contributed by atoms with Gasteiger partial charge in [-0.3, -0.25) is 15.0 Å². The Labute approximate surface area is 122 Å². The van der Waals surface area contributed by atoms with Gasteiger partial charge in [0.1, 0.15) is 5.25 Å². The van der Waals surface area contributed by atoms with E-state index in [0.29, 0.717) is 5.69 Å². The van der Waals surface area contributed by atoms with E-state index in [4.69, 9.17) is 5.41 Å². The first-order valence-corrected chi connectivity index (χ1v) is 7.12. The van der Waals surface area contributed by atoms with Gasteiger partial charge in [-0.25, -0.2) is 0 Å². The summed E-state index contributed by atoms with van der Waals surface area (Å²) in [6, 6.07) is 7.38. The molecule has 3 N–H and O–H groups in total. The van der Waals surface area contributed by atoms with Crippen LogP contribution in [0.1, 0.15) is 6.42 Å². The molecule has 2 rings (SSSR count). The number of amidine groups is 1. The zero-order valence-corrected chi connectivity index (χ0v) is 12.2. The van der Waals surface area contributed by atoms with Crippen molar-refractivity contribution in [3.63, 3.8) is 0 Å². The Kier molecular flexibility index (Phi) is 4.23. The Hall–Kier alpha value is -1.09. The van der Waals surface area contributed by atoms with E-state index in [9.17, 15) is 9.59 Å². The van der Waals surface area contributed by atoms with E-state index in [2.05, 4.69) is 33.2 Å². The van der Waals surface area contributed by atoms with Crippen LogP contribution < -0.4 is 10.6 Å². The molecule has 0 aromatic heterocycles. The minimum Gasteiger partial charge on any atom is -0.325 e. The average molecular weight is 375 g/mol. The number of hydrogen-bond acceptors (Lipinski definition) is 4. The molecular weight excluding hydrogens is 365 g/mol. The second-order valence-electron chi connectivity index (χ2n) is 3.68. The molecular formula is C11H10IN3O2S. The summed E-state index contributed by atoms with van der Waals surface area (Å²) in [7, 11) is 0. The van der Waals surface area contributed by atoms with Crippen molar-refractivity contribution >= 4 is 57.0 Å². The number of amides is 2. The third kappa shape index (κ3) is 3.45. The van der Waals surface area contributed by atoms with Gasteiger partial charge in [0, 0.05) is 15.7 Å². The van der Waals surface area contributed by atoms with Crippen LogP contribution in [0.15, 0.2) is 24.3 Å². The molecule has 7 heteroatoms. The molecule has 1 aromatic rings. The summed E-state index contributed by atoms with van der Waals surface area (Å²) in [4.78, 5) is 23.2. The van der Waals surface area contributed by atoms with Crippen LogP contribution in [0.5, 0.6) is 0 Å². The molecule has 1 fully saturated rings. The highest BCUT2D eigenvalue weighted by atomic mass is 127. The van der Waals surface area contributed by atoms with E-state index < -0.39 is 5.25 Å². The third-order valence-electron chi connectivity index (χ3n) is 2.29. The summed E-state index contributed by atoms with van der Waals surface area (Å²) < 4.78 is 1.08. The van der Waals surface area contributed by atoms with Crippen LogP contribution in [-0.2, 0) is 9.59 Å². The fourth-order valence-corrected chi connectivity index (χ4v) is 2.68. The van der Waals surface area contributed by atoms with E-state index in [1.54, 1.807) is 12.1 Å². The van der Waals surface area contributed by atoms with Crippen molar-refractivity contribution in [2.75, 3.05) is 5.32 Å². The lowest BCUT2D eigenvalue weighted by molar-refractivity contribution is -0.123. The highest BCUT2D eigenvalue weighted by Gasteiger charge is 2.29. The number of nitrogens with one attached hydrogen (secondary N) is 3. The molecule has 5 nitrogen and oxygen atoms in total. The molecule has 0 saturated carbocycles. The van der Waals surface area contributed by atoms with Gasteiger partial charge in [-0.05, 0) is 46.9 Å². The van der Waals surface area contributed by atoms with Gasteiger partial charge in [0.15, 0.2) is 5.17 Å². The molecule has 1 atom stereocenters. The van der Waals surface area contributed by atoms with Crippen molar-refractivity contribution in [2.24, 2.45) is 0 Å². The highest BCUT2D eigenvalue weighted by molar-refractivity contribution is 14.1. The van der Waals surface area contributed by atoms with Crippen LogP contribution in [0.3, 0.4) is 0 Å². The fraction of sp³-hybridized carbons (Fsp3) is 0.182. The molecule has 1 aliphatic rings. The second kappa shape index (κ2) is 5.70. The molecule has 2 amide bonds. The average Bonchev–Trinajstić information content (AvgIpc) is 2.31. The predicted octanol–water partition coefficient (Wildman–Crippen LogP) is 1.79. The summed E-state index contributed by atoms with van der Waals surface area (Å²) >= 11 is 3.24. The first kappa shape index (κ1) is 13.3. The van der Waals surface area contributed by atoms with Crippen molar-refractivity contribution in [2.45, 2.75) is 11.7 Å². The van der Waals surface area contributed by atoms with Crippen molar-refractivity contribution in [3.05, 3.63) is 27.8 Å². The smallest absolute Gasteiger partial charge is 0.238 e. The zero-order valence-electron chi connectivity index (χ0n) is 9.20. The van der Waals surface area contributed by atoms with Gasteiger partial charge in [-0.2, -0.15) is 0 Å². The van der Waals surface area contributed by atoms with Crippen LogP contribution in [0.4, 0.5) is 5.69 Å². The summed E-state index contributed by atoms with van der Waals surface area (Å²) in [5, 5.41) is 12.0. The Morgan fingerprint density at radius 2 is 2.11 bits per heavy atom. The molecule has 94 valence electrons. The lowest BCUT2D eigenvalue weighted by atomic mass is 10.2. The number of carbonyl (C=O) groups excluding carboxylic acids is 2. The number of anilines is 1. The first-order valence-electron chi connectivity index (χ1n) is 5.16. The minimum atomic E-state index is -0.537. The van der Waals surface area contributed by atoms with E-state index in [1.807, 2.05) is 12.1 Å². The van der Waals surface area contributed by atoms with Crippen LogP contribution in [0, 0.1) is 8.98 Å². The van der Waals surface area contributed by atoms with E-state index in [0.717, 1.165) is 15.3 Å².